The van der Waals surface area contributed by atoms with Crippen LogP contribution in [0.3, 0.4) is 0 Å². The molecule has 0 atom stereocenters. The molecule has 0 amide bonds. The summed E-state index contributed by atoms with van der Waals surface area (Å²) >= 11 is 0. The first-order valence-corrected chi connectivity index (χ1v) is 11.6. The lowest BCUT2D eigenvalue weighted by Gasteiger charge is -2.29. The van der Waals surface area contributed by atoms with Crippen LogP contribution < -0.4 is 0 Å². The second-order valence-electron chi connectivity index (χ2n) is 9.11. The lowest BCUT2D eigenvalue weighted by atomic mass is 9.77. The highest BCUT2D eigenvalue weighted by atomic mass is 19.1. The van der Waals surface area contributed by atoms with Gasteiger partial charge in [0.2, 0.25) is 0 Å². The van der Waals surface area contributed by atoms with Crippen molar-refractivity contribution in [3.63, 3.8) is 0 Å². The predicted molar refractivity (Wildman–Crippen MR) is 113 cm³/mol. The Morgan fingerprint density at radius 1 is 0.857 bits per heavy atom. The van der Waals surface area contributed by atoms with Crippen molar-refractivity contribution < 1.29 is 8.78 Å². The van der Waals surface area contributed by atoms with Crippen molar-refractivity contribution in [2.24, 2.45) is 17.8 Å². The molecule has 0 N–H and O–H groups in total. The van der Waals surface area contributed by atoms with E-state index in [1.165, 1.54) is 51.4 Å². The number of hydrogen-bond acceptors (Lipinski definition) is 0. The standard InChI is InChI=1S/C26H36F2/c1-3-5-6-20-11-14-22(15-12-20)23-17-25(27)24(26(28)18-23)16-13-21-9-7-19(4-2)8-10-21/h17-22H,3-12,14-15H2,1-2H3/t19-,20-,21-,22-. The molecule has 0 heterocycles. The highest BCUT2D eigenvalue weighted by Crippen LogP contribution is 2.38. The quantitative estimate of drug-likeness (QED) is 0.450. The largest absolute Gasteiger partial charge is 0.206 e. The van der Waals surface area contributed by atoms with E-state index >= 15 is 0 Å². The van der Waals surface area contributed by atoms with Crippen molar-refractivity contribution in [2.75, 3.05) is 0 Å². The molecule has 2 saturated carbocycles. The van der Waals surface area contributed by atoms with E-state index in [4.69, 9.17) is 0 Å². The molecule has 0 spiro atoms. The van der Waals surface area contributed by atoms with Crippen LogP contribution in [0, 0.1) is 41.2 Å². The van der Waals surface area contributed by atoms with Gasteiger partial charge in [-0.15, -0.1) is 0 Å². The fourth-order valence-electron chi connectivity index (χ4n) is 5.11. The molecule has 0 saturated heterocycles. The van der Waals surface area contributed by atoms with Crippen LogP contribution in [-0.2, 0) is 0 Å². The highest BCUT2D eigenvalue weighted by Gasteiger charge is 2.24. The number of benzene rings is 1. The Morgan fingerprint density at radius 2 is 1.46 bits per heavy atom. The van der Waals surface area contributed by atoms with Crippen LogP contribution in [0.1, 0.15) is 108 Å². The van der Waals surface area contributed by atoms with Crippen LogP contribution in [0.15, 0.2) is 12.1 Å². The van der Waals surface area contributed by atoms with Crippen molar-refractivity contribution in [3.8, 4) is 11.8 Å². The summed E-state index contributed by atoms with van der Waals surface area (Å²) in [7, 11) is 0. The Balaban J connectivity index is 1.62. The topological polar surface area (TPSA) is 0 Å². The summed E-state index contributed by atoms with van der Waals surface area (Å²) in [4.78, 5) is 0. The van der Waals surface area contributed by atoms with Crippen LogP contribution in [0.25, 0.3) is 0 Å². The van der Waals surface area contributed by atoms with E-state index in [0.717, 1.165) is 43.1 Å². The normalized spacial score (nSPS) is 27.9. The molecule has 28 heavy (non-hydrogen) atoms. The van der Waals surface area contributed by atoms with Gasteiger partial charge in [0.05, 0.1) is 5.56 Å². The van der Waals surface area contributed by atoms with E-state index in [2.05, 4.69) is 25.7 Å². The maximum atomic E-state index is 14.6. The van der Waals surface area contributed by atoms with Gasteiger partial charge < -0.3 is 0 Å². The molecule has 3 rings (SSSR count). The first-order valence-electron chi connectivity index (χ1n) is 11.6. The third-order valence-electron chi connectivity index (χ3n) is 7.17. The van der Waals surface area contributed by atoms with E-state index in [9.17, 15) is 8.78 Å². The van der Waals surface area contributed by atoms with Gasteiger partial charge in [-0.25, -0.2) is 8.78 Å². The molecule has 0 bridgehead atoms. The average molecular weight is 387 g/mol. The van der Waals surface area contributed by atoms with Gasteiger partial charge in [-0.05, 0) is 86.8 Å². The summed E-state index contributed by atoms with van der Waals surface area (Å²) < 4.78 is 29.3. The van der Waals surface area contributed by atoms with Crippen LogP contribution in [0.4, 0.5) is 8.78 Å². The minimum atomic E-state index is -0.474. The summed E-state index contributed by atoms with van der Waals surface area (Å²) in [5, 5.41) is 0. The summed E-state index contributed by atoms with van der Waals surface area (Å²) in [6.07, 6.45) is 14.1. The van der Waals surface area contributed by atoms with Crippen molar-refractivity contribution in [1.82, 2.24) is 0 Å². The molecule has 1 aromatic carbocycles. The molecule has 154 valence electrons. The van der Waals surface area contributed by atoms with Gasteiger partial charge in [0, 0.05) is 5.92 Å². The van der Waals surface area contributed by atoms with E-state index in [1.807, 2.05) is 0 Å². The number of hydrogen-bond donors (Lipinski definition) is 0. The van der Waals surface area contributed by atoms with Crippen LogP contribution in [0.5, 0.6) is 0 Å². The first kappa shape index (κ1) is 21.4. The maximum Gasteiger partial charge on any atom is 0.142 e. The Kier molecular flexibility index (Phi) is 7.95. The van der Waals surface area contributed by atoms with Crippen molar-refractivity contribution >= 4 is 0 Å². The molecule has 2 aliphatic carbocycles. The molecule has 0 nitrogen and oxygen atoms in total. The van der Waals surface area contributed by atoms with E-state index in [-0.39, 0.29) is 5.56 Å². The third-order valence-corrected chi connectivity index (χ3v) is 7.17. The molecule has 0 aromatic heterocycles. The van der Waals surface area contributed by atoms with E-state index < -0.39 is 11.6 Å². The number of halogens is 2. The lowest BCUT2D eigenvalue weighted by molar-refractivity contribution is 0.303. The maximum absolute atomic E-state index is 14.6. The van der Waals surface area contributed by atoms with Crippen LogP contribution >= 0.6 is 0 Å². The summed E-state index contributed by atoms with van der Waals surface area (Å²) in [6.45, 7) is 4.47. The molecule has 2 aliphatic rings. The monoisotopic (exact) mass is 386 g/mol. The van der Waals surface area contributed by atoms with Crippen molar-refractivity contribution in [1.29, 1.82) is 0 Å². The zero-order valence-corrected chi connectivity index (χ0v) is 17.7. The van der Waals surface area contributed by atoms with Crippen molar-refractivity contribution in [2.45, 2.75) is 96.8 Å². The zero-order chi connectivity index (χ0) is 19.9. The minimum Gasteiger partial charge on any atom is -0.206 e. The molecular weight excluding hydrogens is 350 g/mol. The Hall–Kier alpha value is -1.36. The summed E-state index contributed by atoms with van der Waals surface area (Å²) in [5.41, 5.74) is 0.802. The van der Waals surface area contributed by atoms with Crippen LogP contribution in [0.2, 0.25) is 0 Å². The second-order valence-corrected chi connectivity index (χ2v) is 9.11. The Bertz CT molecular complexity index is 657. The molecule has 2 heteroatoms. The fourth-order valence-corrected chi connectivity index (χ4v) is 5.11. The lowest BCUT2D eigenvalue weighted by Crippen LogP contribution is -2.14. The van der Waals surface area contributed by atoms with Gasteiger partial charge in [0.25, 0.3) is 0 Å². The van der Waals surface area contributed by atoms with Gasteiger partial charge in [-0.3, -0.25) is 0 Å². The van der Waals surface area contributed by atoms with Gasteiger partial charge in [0.1, 0.15) is 11.6 Å². The van der Waals surface area contributed by atoms with Crippen LogP contribution in [-0.4, -0.2) is 0 Å². The predicted octanol–water partition coefficient (Wildman–Crippen LogP) is 8.00. The third kappa shape index (κ3) is 5.59. The number of rotatable bonds is 5. The van der Waals surface area contributed by atoms with Gasteiger partial charge in [-0.1, -0.05) is 51.4 Å². The van der Waals surface area contributed by atoms with E-state index in [0.29, 0.717) is 11.8 Å². The Morgan fingerprint density at radius 3 is 2.04 bits per heavy atom. The highest BCUT2D eigenvalue weighted by molar-refractivity contribution is 5.40. The molecule has 0 radical (unpaired) electrons. The minimum absolute atomic E-state index is 0.0296. The molecular formula is C26H36F2. The fraction of sp³-hybridized carbons (Fsp3) is 0.692. The van der Waals surface area contributed by atoms with E-state index in [1.54, 1.807) is 12.1 Å². The molecule has 1 aromatic rings. The summed E-state index contributed by atoms with van der Waals surface area (Å²) in [5.74, 6) is 7.26. The second kappa shape index (κ2) is 10.4. The molecule has 0 aliphatic heterocycles. The first-order chi connectivity index (χ1) is 13.6. The smallest absolute Gasteiger partial charge is 0.142 e. The molecule has 2 fully saturated rings. The van der Waals surface area contributed by atoms with Gasteiger partial charge in [0.15, 0.2) is 0 Å². The van der Waals surface area contributed by atoms with Crippen molar-refractivity contribution in [3.05, 3.63) is 34.9 Å². The SMILES string of the molecule is CCCC[C@H]1CC[C@H](c2cc(F)c(C#C[C@H]3CC[C@H](CC)CC3)c(F)c2)CC1. The Labute approximate surface area is 170 Å². The number of unbranched alkanes of at least 4 members (excludes halogenated alkanes) is 1. The summed E-state index contributed by atoms with van der Waals surface area (Å²) in [6, 6.07) is 3.11. The zero-order valence-electron chi connectivity index (χ0n) is 17.7. The molecule has 0 unspecified atom stereocenters. The van der Waals surface area contributed by atoms with Gasteiger partial charge >= 0.3 is 0 Å². The average Bonchev–Trinajstić information content (AvgIpc) is 2.72. The van der Waals surface area contributed by atoms with Gasteiger partial charge in [-0.2, -0.15) is 0 Å².